The third kappa shape index (κ3) is 2.78. The zero-order valence-corrected chi connectivity index (χ0v) is 12.0. The Morgan fingerprint density at radius 1 is 1.45 bits per heavy atom. The molecule has 2 heterocycles. The number of aromatic nitrogens is 3. The first kappa shape index (κ1) is 13.4. The Morgan fingerprint density at radius 2 is 2.35 bits per heavy atom. The lowest BCUT2D eigenvalue weighted by Crippen LogP contribution is -2.32. The molecule has 1 saturated heterocycles. The Labute approximate surface area is 122 Å². The molecule has 6 heteroatoms. The van der Waals surface area contributed by atoms with Crippen LogP contribution in [0.1, 0.15) is 19.8 Å². The van der Waals surface area contributed by atoms with Crippen molar-refractivity contribution in [3.8, 4) is 5.69 Å². The van der Waals surface area contributed by atoms with E-state index in [1.54, 1.807) is 11.0 Å². The van der Waals surface area contributed by atoms with Crippen molar-refractivity contribution >= 4 is 17.3 Å². The Hall–Kier alpha value is -1.59. The number of nitrogens with one attached hydrogen (secondary N) is 1. The molecule has 1 aliphatic rings. The van der Waals surface area contributed by atoms with Gasteiger partial charge in [0.1, 0.15) is 18.3 Å². The van der Waals surface area contributed by atoms with Gasteiger partial charge in [0.2, 0.25) is 0 Å². The summed E-state index contributed by atoms with van der Waals surface area (Å²) in [4.78, 5) is 3.99. The normalized spacial score (nSPS) is 22.7. The monoisotopic (exact) mass is 292 g/mol. The second kappa shape index (κ2) is 5.81. The van der Waals surface area contributed by atoms with Gasteiger partial charge in [0.25, 0.3) is 0 Å². The minimum Gasteiger partial charge on any atom is -0.380 e. The van der Waals surface area contributed by atoms with E-state index in [1.165, 1.54) is 6.33 Å². The molecule has 1 aliphatic heterocycles. The number of benzene rings is 1. The van der Waals surface area contributed by atoms with E-state index < -0.39 is 0 Å². The van der Waals surface area contributed by atoms with E-state index in [4.69, 9.17) is 16.3 Å². The Balaban J connectivity index is 1.88. The first-order chi connectivity index (χ1) is 9.74. The second-order valence-corrected chi connectivity index (χ2v) is 5.43. The first-order valence-electron chi connectivity index (χ1n) is 6.75. The lowest BCUT2D eigenvalue weighted by Gasteiger charge is -2.29. The van der Waals surface area contributed by atoms with Gasteiger partial charge in [-0.2, -0.15) is 5.10 Å². The van der Waals surface area contributed by atoms with Gasteiger partial charge in [-0.3, -0.25) is 0 Å². The summed E-state index contributed by atoms with van der Waals surface area (Å²) in [5.41, 5.74) is 1.81. The molecule has 0 radical (unpaired) electrons. The van der Waals surface area contributed by atoms with Crippen molar-refractivity contribution in [2.45, 2.75) is 31.9 Å². The van der Waals surface area contributed by atoms with E-state index in [2.05, 4.69) is 22.3 Å². The molecule has 1 aromatic carbocycles. The molecule has 2 aromatic rings. The zero-order valence-electron chi connectivity index (χ0n) is 11.3. The maximum atomic E-state index is 6.31. The number of hydrogen-bond donors (Lipinski definition) is 1. The molecule has 1 fully saturated rings. The number of ether oxygens (including phenoxy) is 1. The topological polar surface area (TPSA) is 52.0 Å². The van der Waals surface area contributed by atoms with E-state index in [-0.39, 0.29) is 6.10 Å². The fourth-order valence-corrected chi connectivity index (χ4v) is 2.80. The summed E-state index contributed by atoms with van der Waals surface area (Å²) >= 11 is 6.31. The van der Waals surface area contributed by atoms with E-state index in [1.807, 2.05) is 18.2 Å². The number of nitrogens with zero attached hydrogens (tertiary/aromatic N) is 3. The molecule has 0 saturated carbocycles. The fraction of sp³-hybridized carbons (Fsp3) is 0.429. The summed E-state index contributed by atoms with van der Waals surface area (Å²) in [5.74, 6) is 0. The molecule has 2 atom stereocenters. The minimum absolute atomic E-state index is 0.287. The minimum atomic E-state index is 0.287. The van der Waals surface area contributed by atoms with E-state index >= 15 is 0 Å². The summed E-state index contributed by atoms with van der Waals surface area (Å²) in [6, 6.07) is 6.20. The van der Waals surface area contributed by atoms with Crippen LogP contribution in [-0.2, 0) is 4.74 Å². The van der Waals surface area contributed by atoms with Crippen molar-refractivity contribution in [3.63, 3.8) is 0 Å². The average molecular weight is 293 g/mol. The van der Waals surface area contributed by atoms with Crippen LogP contribution in [0.5, 0.6) is 0 Å². The molecule has 0 aliphatic carbocycles. The van der Waals surface area contributed by atoms with Crippen LogP contribution in [-0.4, -0.2) is 33.5 Å². The SMILES string of the molecule is CC1CC(Nc2cccc(Cl)c2-n2cncn2)CCO1. The van der Waals surface area contributed by atoms with Crippen LogP contribution in [0.2, 0.25) is 5.02 Å². The second-order valence-electron chi connectivity index (χ2n) is 5.02. The predicted octanol–water partition coefficient (Wildman–Crippen LogP) is 2.90. The van der Waals surface area contributed by atoms with Gasteiger partial charge in [0, 0.05) is 12.6 Å². The maximum Gasteiger partial charge on any atom is 0.138 e. The highest BCUT2D eigenvalue weighted by Crippen LogP contribution is 2.29. The fourth-order valence-electron chi connectivity index (χ4n) is 2.54. The molecule has 1 aromatic heterocycles. The lowest BCUT2D eigenvalue weighted by molar-refractivity contribution is 0.0232. The van der Waals surface area contributed by atoms with Crippen LogP contribution in [0, 0.1) is 0 Å². The van der Waals surface area contributed by atoms with Gasteiger partial charge >= 0.3 is 0 Å². The highest BCUT2D eigenvalue weighted by molar-refractivity contribution is 6.33. The van der Waals surface area contributed by atoms with Crippen molar-refractivity contribution in [3.05, 3.63) is 35.9 Å². The molecule has 0 spiro atoms. The molecular formula is C14H17ClN4O. The molecule has 2 unspecified atom stereocenters. The number of para-hydroxylation sites is 1. The average Bonchev–Trinajstić information content (AvgIpc) is 2.92. The summed E-state index contributed by atoms with van der Waals surface area (Å²) in [5, 5.41) is 8.38. The number of anilines is 1. The van der Waals surface area contributed by atoms with Gasteiger partial charge in [-0.1, -0.05) is 17.7 Å². The molecule has 0 bridgehead atoms. The first-order valence-corrected chi connectivity index (χ1v) is 7.13. The predicted molar refractivity (Wildman–Crippen MR) is 78.4 cm³/mol. The molecular weight excluding hydrogens is 276 g/mol. The maximum absolute atomic E-state index is 6.31. The van der Waals surface area contributed by atoms with Crippen molar-refractivity contribution in [1.29, 1.82) is 0 Å². The standard InChI is InChI=1S/C14H17ClN4O/c1-10-7-11(5-6-20-10)18-13-4-2-3-12(15)14(13)19-9-16-8-17-19/h2-4,8-11,18H,5-7H2,1H3. The molecule has 3 rings (SSSR count). The zero-order chi connectivity index (χ0) is 13.9. The number of rotatable bonds is 3. The van der Waals surface area contributed by atoms with E-state index in [0.717, 1.165) is 30.8 Å². The largest absolute Gasteiger partial charge is 0.380 e. The van der Waals surface area contributed by atoms with Crippen molar-refractivity contribution in [1.82, 2.24) is 14.8 Å². The van der Waals surface area contributed by atoms with Crippen LogP contribution < -0.4 is 5.32 Å². The lowest BCUT2D eigenvalue weighted by atomic mass is 10.0. The van der Waals surface area contributed by atoms with Gasteiger partial charge in [-0.05, 0) is 31.9 Å². The summed E-state index contributed by atoms with van der Waals surface area (Å²) in [6.07, 6.45) is 5.43. The van der Waals surface area contributed by atoms with E-state index in [0.29, 0.717) is 11.1 Å². The molecule has 0 amide bonds. The quantitative estimate of drug-likeness (QED) is 0.945. The van der Waals surface area contributed by atoms with Crippen LogP contribution in [0.3, 0.4) is 0 Å². The Morgan fingerprint density at radius 3 is 3.10 bits per heavy atom. The Bertz CT molecular complexity index is 573. The van der Waals surface area contributed by atoms with Gasteiger partial charge in [0.15, 0.2) is 0 Å². The smallest absolute Gasteiger partial charge is 0.138 e. The number of halogens is 1. The number of hydrogen-bond acceptors (Lipinski definition) is 4. The van der Waals surface area contributed by atoms with Crippen LogP contribution in [0.15, 0.2) is 30.9 Å². The molecule has 20 heavy (non-hydrogen) atoms. The highest BCUT2D eigenvalue weighted by atomic mass is 35.5. The highest BCUT2D eigenvalue weighted by Gasteiger charge is 2.21. The molecule has 106 valence electrons. The molecule has 1 N–H and O–H groups in total. The van der Waals surface area contributed by atoms with Crippen LogP contribution in [0.4, 0.5) is 5.69 Å². The Kier molecular flexibility index (Phi) is 3.89. The van der Waals surface area contributed by atoms with Crippen LogP contribution >= 0.6 is 11.6 Å². The van der Waals surface area contributed by atoms with Gasteiger partial charge in [0.05, 0.1) is 16.8 Å². The van der Waals surface area contributed by atoms with Crippen molar-refractivity contribution in [2.75, 3.05) is 11.9 Å². The summed E-state index contributed by atoms with van der Waals surface area (Å²) < 4.78 is 7.27. The van der Waals surface area contributed by atoms with Gasteiger partial charge in [-0.25, -0.2) is 9.67 Å². The van der Waals surface area contributed by atoms with Crippen molar-refractivity contribution in [2.24, 2.45) is 0 Å². The third-order valence-corrected chi connectivity index (χ3v) is 3.78. The van der Waals surface area contributed by atoms with Crippen LogP contribution in [0.25, 0.3) is 5.69 Å². The van der Waals surface area contributed by atoms with E-state index in [9.17, 15) is 0 Å². The molecule has 5 nitrogen and oxygen atoms in total. The summed E-state index contributed by atoms with van der Waals surface area (Å²) in [6.45, 7) is 2.89. The third-order valence-electron chi connectivity index (χ3n) is 3.48. The van der Waals surface area contributed by atoms with Gasteiger partial charge < -0.3 is 10.1 Å². The summed E-state index contributed by atoms with van der Waals surface area (Å²) in [7, 11) is 0. The van der Waals surface area contributed by atoms with Gasteiger partial charge in [-0.15, -0.1) is 0 Å². The van der Waals surface area contributed by atoms with Crippen molar-refractivity contribution < 1.29 is 4.74 Å².